The van der Waals surface area contributed by atoms with Crippen molar-refractivity contribution in [2.45, 2.75) is 0 Å². The van der Waals surface area contributed by atoms with Crippen molar-refractivity contribution in [2.24, 2.45) is 0 Å². The number of carboxylic acid groups (broad SMARTS) is 1. The molecule has 0 radical (unpaired) electrons. The molecule has 2 aliphatic heterocycles. The van der Waals surface area contributed by atoms with Crippen LogP contribution in [-0.4, -0.2) is 16.1 Å². The second-order valence-electron chi connectivity index (χ2n) is 3.70. The van der Waals surface area contributed by atoms with E-state index < -0.39 is 11.5 Å². The van der Waals surface area contributed by atoms with Gasteiger partial charge in [-0.2, -0.15) is 0 Å². The van der Waals surface area contributed by atoms with Crippen molar-refractivity contribution in [1.82, 2.24) is 4.98 Å². The number of carboxylic acids is 1. The van der Waals surface area contributed by atoms with E-state index in [9.17, 15) is 9.59 Å². The van der Waals surface area contributed by atoms with Crippen molar-refractivity contribution in [3.05, 3.63) is 46.2 Å². The maximum atomic E-state index is 11.6. The van der Waals surface area contributed by atoms with Crippen LogP contribution in [0.15, 0.2) is 35.1 Å². The summed E-state index contributed by atoms with van der Waals surface area (Å²) in [7, 11) is 2.79. The standard InChI is InChI=1S/C12H7NO3S2/c14-11-7(12(15)16)10-8(13-11)9(17-18-10)6-4-2-1-3-5-6/h1-5H,(H,13,14)(H,15,16). The highest BCUT2D eigenvalue weighted by Crippen LogP contribution is 2.43. The number of hydrogen-bond acceptors (Lipinski definition) is 4. The van der Waals surface area contributed by atoms with Crippen molar-refractivity contribution in [3.8, 4) is 21.0 Å². The van der Waals surface area contributed by atoms with Crippen LogP contribution in [0.25, 0.3) is 21.0 Å². The molecule has 0 saturated carbocycles. The zero-order chi connectivity index (χ0) is 12.7. The molecule has 0 fully saturated rings. The maximum Gasteiger partial charge on any atom is 0.342 e. The summed E-state index contributed by atoms with van der Waals surface area (Å²) >= 11 is 0. The molecule has 6 heteroatoms. The van der Waals surface area contributed by atoms with Gasteiger partial charge in [0.05, 0.1) is 15.4 Å². The summed E-state index contributed by atoms with van der Waals surface area (Å²) < 4.78 is 0. The SMILES string of the molecule is O=C(O)c1c2ssc(-c3ccccc3)c-2[nH]c1=O. The molecule has 0 saturated heterocycles. The van der Waals surface area contributed by atoms with E-state index >= 15 is 0 Å². The fourth-order valence-electron chi connectivity index (χ4n) is 1.81. The normalized spacial score (nSPS) is 10.9. The molecular weight excluding hydrogens is 270 g/mol. The quantitative estimate of drug-likeness (QED) is 0.707. The zero-order valence-electron chi connectivity index (χ0n) is 8.97. The minimum absolute atomic E-state index is 0.159. The number of rotatable bonds is 2. The molecule has 0 aromatic heterocycles. The van der Waals surface area contributed by atoms with Crippen molar-refractivity contribution < 1.29 is 9.90 Å². The molecule has 4 nitrogen and oxygen atoms in total. The van der Waals surface area contributed by atoms with Crippen LogP contribution in [0.3, 0.4) is 0 Å². The molecule has 3 rings (SSSR count). The molecule has 90 valence electrons. The summed E-state index contributed by atoms with van der Waals surface area (Å²) in [5.74, 6) is -1.18. The molecule has 0 unspecified atom stereocenters. The maximum absolute atomic E-state index is 11.6. The second-order valence-corrected chi connectivity index (χ2v) is 5.85. The van der Waals surface area contributed by atoms with E-state index in [0.29, 0.717) is 10.6 Å². The lowest BCUT2D eigenvalue weighted by Gasteiger charge is -1.97. The first-order valence-electron chi connectivity index (χ1n) is 5.12. The number of benzene rings is 1. The van der Waals surface area contributed by atoms with Crippen LogP contribution in [0.1, 0.15) is 10.4 Å². The van der Waals surface area contributed by atoms with Gasteiger partial charge >= 0.3 is 5.97 Å². The van der Waals surface area contributed by atoms with E-state index in [1.54, 1.807) is 0 Å². The van der Waals surface area contributed by atoms with Gasteiger partial charge in [-0.05, 0) is 5.56 Å². The predicted molar refractivity (Wildman–Crippen MR) is 71.8 cm³/mol. The van der Waals surface area contributed by atoms with Gasteiger partial charge in [0.2, 0.25) is 0 Å². The summed E-state index contributed by atoms with van der Waals surface area (Å²) in [5.41, 5.74) is 0.910. The Hall–Kier alpha value is -1.92. The smallest absolute Gasteiger partial charge is 0.342 e. The molecule has 0 amide bonds. The van der Waals surface area contributed by atoms with Crippen LogP contribution >= 0.6 is 20.7 Å². The minimum atomic E-state index is -1.18. The molecule has 0 spiro atoms. The number of aromatic amines is 1. The molecule has 0 atom stereocenters. The van der Waals surface area contributed by atoms with Crippen molar-refractivity contribution >= 4 is 26.7 Å². The third-order valence-corrected chi connectivity index (χ3v) is 5.12. The van der Waals surface area contributed by atoms with Crippen LogP contribution in [0.5, 0.6) is 0 Å². The number of nitrogens with one attached hydrogen (secondary N) is 1. The van der Waals surface area contributed by atoms with Gasteiger partial charge in [-0.25, -0.2) is 4.79 Å². The summed E-state index contributed by atoms with van der Waals surface area (Å²) in [6.07, 6.45) is 0. The third kappa shape index (κ3) is 1.58. The number of carbonyl (C=O) groups is 1. The zero-order valence-corrected chi connectivity index (χ0v) is 10.6. The Morgan fingerprint density at radius 3 is 2.44 bits per heavy atom. The van der Waals surface area contributed by atoms with E-state index in [0.717, 1.165) is 10.4 Å². The van der Waals surface area contributed by atoms with Crippen molar-refractivity contribution in [3.63, 3.8) is 0 Å². The fourth-order valence-corrected chi connectivity index (χ4v) is 4.54. The molecule has 2 aliphatic rings. The van der Waals surface area contributed by atoms with Gasteiger partial charge in [-0.3, -0.25) is 4.79 Å². The Bertz CT molecular complexity index is 739. The third-order valence-electron chi connectivity index (χ3n) is 2.60. The summed E-state index contributed by atoms with van der Waals surface area (Å²) in [6, 6.07) is 9.59. The highest BCUT2D eigenvalue weighted by Gasteiger charge is 2.26. The second kappa shape index (κ2) is 4.08. The Labute approximate surface area is 109 Å². The average molecular weight is 277 g/mol. The summed E-state index contributed by atoms with van der Waals surface area (Å²) in [4.78, 5) is 26.7. The molecule has 18 heavy (non-hydrogen) atoms. The number of H-pyrrole nitrogens is 1. The van der Waals surface area contributed by atoms with E-state index in [1.807, 2.05) is 30.3 Å². The summed E-state index contributed by atoms with van der Waals surface area (Å²) in [6.45, 7) is 0. The lowest BCUT2D eigenvalue weighted by atomic mass is 10.1. The number of hydrogen-bond donors (Lipinski definition) is 2. The van der Waals surface area contributed by atoms with Gasteiger partial charge < -0.3 is 10.1 Å². The fraction of sp³-hybridized carbons (Fsp3) is 0. The summed E-state index contributed by atoms with van der Waals surface area (Å²) in [5, 5.41) is 9.02. The van der Waals surface area contributed by atoms with Crippen LogP contribution in [0.2, 0.25) is 0 Å². The molecule has 2 heterocycles. The minimum Gasteiger partial charge on any atom is -0.477 e. The lowest BCUT2D eigenvalue weighted by molar-refractivity contribution is 0.0697. The van der Waals surface area contributed by atoms with Gasteiger partial charge in [0.25, 0.3) is 5.56 Å². The van der Waals surface area contributed by atoms with Gasteiger partial charge in [0.1, 0.15) is 5.56 Å². The average Bonchev–Trinajstić information content (AvgIpc) is 2.87. The van der Waals surface area contributed by atoms with E-state index in [-0.39, 0.29) is 5.56 Å². The monoisotopic (exact) mass is 277 g/mol. The highest BCUT2D eigenvalue weighted by molar-refractivity contribution is 7.72. The van der Waals surface area contributed by atoms with Crippen LogP contribution in [0, 0.1) is 0 Å². The largest absolute Gasteiger partial charge is 0.477 e. The first-order chi connectivity index (χ1) is 8.68. The Kier molecular flexibility index (Phi) is 2.53. The number of fused-ring (bicyclic) bond motifs is 1. The van der Waals surface area contributed by atoms with Crippen LogP contribution < -0.4 is 5.56 Å². The highest BCUT2D eigenvalue weighted by atomic mass is 32.9. The predicted octanol–water partition coefficient (Wildman–Crippen LogP) is 2.97. The molecule has 1 aromatic carbocycles. The van der Waals surface area contributed by atoms with E-state index in [4.69, 9.17) is 5.11 Å². The first kappa shape index (κ1) is 11.2. The Morgan fingerprint density at radius 1 is 1.11 bits per heavy atom. The van der Waals surface area contributed by atoms with Crippen LogP contribution in [0.4, 0.5) is 0 Å². The van der Waals surface area contributed by atoms with E-state index in [2.05, 4.69) is 4.98 Å². The van der Waals surface area contributed by atoms with Gasteiger partial charge in [-0.1, -0.05) is 51.0 Å². The first-order valence-corrected chi connectivity index (χ1v) is 7.27. The topological polar surface area (TPSA) is 70.2 Å². The molecule has 2 N–H and O–H groups in total. The van der Waals surface area contributed by atoms with E-state index in [1.165, 1.54) is 20.7 Å². The molecule has 0 bridgehead atoms. The Morgan fingerprint density at radius 2 is 1.78 bits per heavy atom. The molecule has 0 aliphatic carbocycles. The number of aromatic carboxylic acids is 1. The van der Waals surface area contributed by atoms with Crippen molar-refractivity contribution in [2.75, 3.05) is 0 Å². The van der Waals surface area contributed by atoms with Gasteiger partial charge in [-0.15, -0.1) is 0 Å². The number of aromatic nitrogens is 1. The molecular formula is C12H7NO3S2. The lowest BCUT2D eigenvalue weighted by Crippen LogP contribution is -2.10. The molecule has 1 aromatic rings. The van der Waals surface area contributed by atoms with Gasteiger partial charge in [0.15, 0.2) is 0 Å². The van der Waals surface area contributed by atoms with Crippen molar-refractivity contribution in [1.29, 1.82) is 0 Å². The Balaban J connectivity index is 2.23. The van der Waals surface area contributed by atoms with Crippen LogP contribution in [-0.2, 0) is 0 Å². The van der Waals surface area contributed by atoms with Gasteiger partial charge in [0, 0.05) is 0 Å².